The minimum absolute atomic E-state index is 0. The zero-order chi connectivity index (χ0) is 17.2. The molecule has 0 spiro atoms. The highest BCUT2D eigenvalue weighted by Gasteiger charge is 2.35. The van der Waals surface area contributed by atoms with Crippen LogP contribution < -0.4 is 10.6 Å². The molecule has 0 saturated carbocycles. The van der Waals surface area contributed by atoms with Crippen LogP contribution >= 0.6 is 12.4 Å². The van der Waals surface area contributed by atoms with Crippen LogP contribution in [0.15, 0.2) is 36.7 Å². The van der Waals surface area contributed by atoms with Crippen molar-refractivity contribution in [2.24, 2.45) is 13.0 Å². The van der Waals surface area contributed by atoms with Crippen LogP contribution in [0.5, 0.6) is 0 Å². The number of nitrogens with one attached hydrogen (secondary N) is 2. The van der Waals surface area contributed by atoms with E-state index < -0.39 is 0 Å². The van der Waals surface area contributed by atoms with Gasteiger partial charge in [-0.15, -0.1) is 12.4 Å². The summed E-state index contributed by atoms with van der Waals surface area (Å²) in [6.45, 7) is 2.33. The molecule has 0 radical (unpaired) electrons. The van der Waals surface area contributed by atoms with Crippen molar-refractivity contribution in [1.29, 1.82) is 0 Å². The Balaban J connectivity index is 0.00000196. The van der Waals surface area contributed by atoms with Gasteiger partial charge in [0.25, 0.3) is 0 Å². The number of nitrogens with zero attached hydrogens (tertiary/aromatic N) is 2. The molecule has 1 amide bonds. The average Bonchev–Trinajstić information content (AvgIpc) is 3.28. The lowest BCUT2D eigenvalue weighted by Gasteiger charge is -2.26. The molecule has 140 valence electrons. The standard InChI is InChI=1S/C20H26N4O.ClH/c1-24-13-16(10-23-24)18-11-21-12-19(18)20(25)22-9-15-7-4-6-14-5-2-3-8-17(14)15;/h2-3,5,8,10,13,15,18-19,21H,4,6-7,9,11-12H2,1H3,(H,22,25);1H/t15?,18-,19+;/m1./s1. The van der Waals surface area contributed by atoms with Crippen molar-refractivity contribution in [3.63, 3.8) is 0 Å². The molecule has 2 heterocycles. The number of rotatable bonds is 4. The van der Waals surface area contributed by atoms with E-state index in [1.165, 1.54) is 17.5 Å². The van der Waals surface area contributed by atoms with Crippen molar-refractivity contribution in [1.82, 2.24) is 20.4 Å². The Bertz CT molecular complexity index is 760. The van der Waals surface area contributed by atoms with Gasteiger partial charge in [0.1, 0.15) is 0 Å². The summed E-state index contributed by atoms with van der Waals surface area (Å²) in [5, 5.41) is 10.9. The first-order valence-electron chi connectivity index (χ1n) is 9.27. The third-order valence-electron chi connectivity index (χ3n) is 5.72. The molecule has 3 atom stereocenters. The minimum atomic E-state index is -0.0111. The summed E-state index contributed by atoms with van der Waals surface area (Å²) in [4.78, 5) is 12.8. The number of fused-ring (bicyclic) bond motifs is 1. The smallest absolute Gasteiger partial charge is 0.225 e. The molecule has 1 fully saturated rings. The summed E-state index contributed by atoms with van der Waals surface area (Å²) in [7, 11) is 1.92. The van der Waals surface area contributed by atoms with Gasteiger partial charge in [-0.1, -0.05) is 24.3 Å². The van der Waals surface area contributed by atoms with Gasteiger partial charge in [-0.3, -0.25) is 9.48 Å². The van der Waals surface area contributed by atoms with Crippen molar-refractivity contribution in [2.45, 2.75) is 31.1 Å². The van der Waals surface area contributed by atoms with Crippen LogP contribution in [-0.4, -0.2) is 35.3 Å². The summed E-state index contributed by atoms with van der Waals surface area (Å²) in [6, 6.07) is 8.67. The van der Waals surface area contributed by atoms with Crippen LogP contribution in [0.3, 0.4) is 0 Å². The number of hydrogen-bond acceptors (Lipinski definition) is 3. The Labute approximate surface area is 161 Å². The van der Waals surface area contributed by atoms with E-state index >= 15 is 0 Å². The molecule has 6 heteroatoms. The lowest BCUT2D eigenvalue weighted by Crippen LogP contribution is -2.37. The van der Waals surface area contributed by atoms with E-state index in [9.17, 15) is 4.79 Å². The molecule has 26 heavy (non-hydrogen) atoms. The van der Waals surface area contributed by atoms with E-state index in [1.54, 1.807) is 0 Å². The average molecular weight is 375 g/mol. The number of benzene rings is 1. The van der Waals surface area contributed by atoms with E-state index in [0.29, 0.717) is 5.92 Å². The lowest BCUT2D eigenvalue weighted by molar-refractivity contribution is -0.124. The van der Waals surface area contributed by atoms with Crippen molar-refractivity contribution >= 4 is 18.3 Å². The maximum atomic E-state index is 12.8. The molecule has 2 aliphatic rings. The lowest BCUT2D eigenvalue weighted by atomic mass is 9.82. The molecular weight excluding hydrogens is 348 g/mol. The highest BCUT2D eigenvalue weighted by atomic mass is 35.5. The number of hydrogen-bond donors (Lipinski definition) is 2. The van der Waals surface area contributed by atoms with E-state index in [4.69, 9.17) is 0 Å². The maximum absolute atomic E-state index is 12.8. The van der Waals surface area contributed by atoms with Gasteiger partial charge in [0, 0.05) is 44.7 Å². The number of aromatic nitrogens is 2. The summed E-state index contributed by atoms with van der Waals surface area (Å²) in [6.07, 6.45) is 7.44. The topological polar surface area (TPSA) is 59.0 Å². The van der Waals surface area contributed by atoms with Gasteiger partial charge in [0.05, 0.1) is 12.1 Å². The van der Waals surface area contributed by atoms with Crippen LogP contribution in [0.1, 0.15) is 41.4 Å². The first kappa shape index (κ1) is 18.9. The number of amides is 1. The molecule has 4 rings (SSSR count). The number of carbonyl (C=O) groups is 1. The molecule has 1 aromatic heterocycles. The van der Waals surface area contributed by atoms with Gasteiger partial charge in [-0.25, -0.2) is 0 Å². The Morgan fingerprint density at radius 2 is 2.19 bits per heavy atom. The van der Waals surface area contributed by atoms with Gasteiger partial charge in [-0.05, 0) is 36.0 Å². The molecule has 0 bridgehead atoms. The number of carbonyl (C=O) groups excluding carboxylic acids is 1. The van der Waals surface area contributed by atoms with Crippen molar-refractivity contribution in [3.8, 4) is 0 Å². The molecule has 1 saturated heterocycles. The second-order valence-electron chi connectivity index (χ2n) is 7.35. The Kier molecular flexibility index (Phi) is 5.99. The predicted octanol–water partition coefficient (Wildman–Crippen LogP) is 2.38. The summed E-state index contributed by atoms with van der Waals surface area (Å²) >= 11 is 0. The third kappa shape index (κ3) is 3.79. The largest absolute Gasteiger partial charge is 0.355 e. The highest BCUT2D eigenvalue weighted by molar-refractivity contribution is 5.85. The SMILES string of the molecule is Cl.Cn1cc([C@H]2CNC[C@@H]2C(=O)NCC2CCCc3ccccc32)cn1. The van der Waals surface area contributed by atoms with Crippen LogP contribution in [0.2, 0.25) is 0 Å². The summed E-state index contributed by atoms with van der Waals surface area (Å²) in [5.41, 5.74) is 4.02. The molecule has 1 aliphatic carbocycles. The van der Waals surface area contributed by atoms with Gasteiger partial charge in [0.2, 0.25) is 5.91 Å². The van der Waals surface area contributed by atoms with Crippen molar-refractivity contribution in [2.75, 3.05) is 19.6 Å². The van der Waals surface area contributed by atoms with Crippen LogP contribution in [0.25, 0.3) is 0 Å². The second kappa shape index (κ2) is 8.23. The van der Waals surface area contributed by atoms with Gasteiger partial charge in [0.15, 0.2) is 0 Å². The Hall–Kier alpha value is -1.85. The fourth-order valence-corrected chi connectivity index (χ4v) is 4.36. The van der Waals surface area contributed by atoms with Crippen molar-refractivity contribution in [3.05, 3.63) is 53.3 Å². The molecular formula is C20H27ClN4O. The molecule has 1 aromatic carbocycles. The second-order valence-corrected chi connectivity index (χ2v) is 7.35. The molecule has 5 nitrogen and oxygen atoms in total. The zero-order valence-corrected chi connectivity index (χ0v) is 16.0. The minimum Gasteiger partial charge on any atom is -0.355 e. The van der Waals surface area contributed by atoms with E-state index in [0.717, 1.165) is 38.0 Å². The number of aryl methyl sites for hydroxylation is 2. The molecule has 2 N–H and O–H groups in total. The van der Waals surface area contributed by atoms with Crippen LogP contribution in [-0.2, 0) is 18.3 Å². The molecule has 1 aliphatic heterocycles. The Morgan fingerprint density at radius 3 is 3.00 bits per heavy atom. The fraction of sp³-hybridized carbons (Fsp3) is 0.500. The highest BCUT2D eigenvalue weighted by Crippen LogP contribution is 2.32. The van der Waals surface area contributed by atoms with Crippen LogP contribution in [0.4, 0.5) is 0 Å². The first-order chi connectivity index (χ1) is 12.2. The van der Waals surface area contributed by atoms with Gasteiger partial charge < -0.3 is 10.6 Å². The third-order valence-corrected chi connectivity index (χ3v) is 5.72. The summed E-state index contributed by atoms with van der Waals surface area (Å²) in [5.74, 6) is 0.817. The van der Waals surface area contributed by atoms with E-state index in [2.05, 4.69) is 40.0 Å². The number of halogens is 1. The van der Waals surface area contributed by atoms with Gasteiger partial charge in [-0.2, -0.15) is 5.10 Å². The van der Waals surface area contributed by atoms with E-state index in [-0.39, 0.29) is 30.2 Å². The van der Waals surface area contributed by atoms with Gasteiger partial charge >= 0.3 is 0 Å². The summed E-state index contributed by atoms with van der Waals surface area (Å²) < 4.78 is 1.81. The quantitative estimate of drug-likeness (QED) is 0.863. The fourth-order valence-electron chi connectivity index (χ4n) is 4.36. The zero-order valence-electron chi connectivity index (χ0n) is 15.1. The normalized spacial score (nSPS) is 24.6. The first-order valence-corrected chi connectivity index (χ1v) is 9.27. The van der Waals surface area contributed by atoms with Crippen molar-refractivity contribution < 1.29 is 4.79 Å². The maximum Gasteiger partial charge on any atom is 0.225 e. The van der Waals surface area contributed by atoms with Crippen LogP contribution in [0, 0.1) is 5.92 Å². The monoisotopic (exact) mass is 374 g/mol. The predicted molar refractivity (Wildman–Crippen MR) is 105 cm³/mol. The molecule has 2 aromatic rings. The Morgan fingerprint density at radius 1 is 1.35 bits per heavy atom. The van der Waals surface area contributed by atoms with E-state index in [1.807, 2.05) is 24.1 Å². The molecule has 1 unspecified atom stereocenters.